The van der Waals surface area contributed by atoms with E-state index in [1.165, 1.54) is 6.07 Å². The summed E-state index contributed by atoms with van der Waals surface area (Å²) in [7, 11) is 0. The first-order chi connectivity index (χ1) is 18.6. The number of carboxylic acids is 1. The summed E-state index contributed by atoms with van der Waals surface area (Å²) in [5.74, 6) is -0.532. The molecule has 1 aromatic heterocycles. The Bertz CT molecular complexity index is 1530. The zero-order chi connectivity index (χ0) is 26.3. The van der Waals surface area contributed by atoms with E-state index in [9.17, 15) is 14.7 Å². The zero-order valence-corrected chi connectivity index (χ0v) is 20.5. The quantitative estimate of drug-likeness (QED) is 0.279. The summed E-state index contributed by atoms with van der Waals surface area (Å²) >= 11 is 0. The number of aromatic nitrogens is 4. The van der Waals surface area contributed by atoms with Gasteiger partial charge in [-0.25, -0.2) is 9.89 Å². The normalized spacial score (nSPS) is 10.7. The molecule has 4 aromatic carbocycles. The lowest BCUT2D eigenvalue weighted by molar-refractivity contribution is -0.118. The molecule has 38 heavy (non-hydrogen) atoms. The van der Waals surface area contributed by atoms with E-state index in [-0.39, 0.29) is 11.5 Å². The van der Waals surface area contributed by atoms with Crippen molar-refractivity contribution in [3.05, 3.63) is 120 Å². The smallest absolute Gasteiger partial charge is 0.335 e. The number of hydrogen-bond donors (Lipinski definition) is 2. The molecule has 8 heteroatoms. The first kappa shape index (κ1) is 24.6. The predicted octanol–water partition coefficient (Wildman–Crippen LogP) is 5.40. The van der Waals surface area contributed by atoms with E-state index in [0.717, 1.165) is 27.8 Å². The van der Waals surface area contributed by atoms with Gasteiger partial charge in [-0.2, -0.15) is 0 Å². The maximum absolute atomic E-state index is 13.4. The minimum absolute atomic E-state index is 0.0800. The van der Waals surface area contributed by atoms with Crippen molar-refractivity contribution in [2.75, 3.05) is 4.90 Å². The Morgan fingerprint density at radius 1 is 0.789 bits per heavy atom. The summed E-state index contributed by atoms with van der Waals surface area (Å²) in [5.41, 5.74) is 5.52. The topological polar surface area (TPSA) is 112 Å². The maximum atomic E-state index is 13.4. The van der Waals surface area contributed by atoms with Gasteiger partial charge in [-0.3, -0.25) is 4.79 Å². The number of aryl methyl sites for hydroxylation is 1. The highest BCUT2D eigenvalue weighted by atomic mass is 16.4. The Hall–Kier alpha value is -5.11. The predicted molar refractivity (Wildman–Crippen MR) is 144 cm³/mol. The fourth-order valence-electron chi connectivity index (χ4n) is 4.35. The first-order valence-electron chi connectivity index (χ1n) is 12.2. The summed E-state index contributed by atoms with van der Waals surface area (Å²) in [6.45, 7) is 0.310. The molecule has 0 fully saturated rings. The van der Waals surface area contributed by atoms with Crippen molar-refractivity contribution in [3.63, 3.8) is 0 Å². The van der Waals surface area contributed by atoms with E-state index < -0.39 is 5.97 Å². The lowest BCUT2D eigenvalue weighted by atomic mass is 9.98. The largest absolute Gasteiger partial charge is 0.478 e. The van der Waals surface area contributed by atoms with Crippen LogP contribution in [-0.2, 0) is 17.8 Å². The molecule has 1 amide bonds. The molecule has 0 saturated carbocycles. The lowest BCUT2D eigenvalue weighted by Gasteiger charge is -2.24. The molecule has 0 aliphatic heterocycles. The molecule has 0 aliphatic rings. The van der Waals surface area contributed by atoms with E-state index in [1.54, 1.807) is 23.1 Å². The van der Waals surface area contributed by atoms with E-state index in [0.29, 0.717) is 30.9 Å². The average molecular weight is 504 g/mol. The fraction of sp³-hybridized carbons (Fsp3) is 0.100. The lowest BCUT2D eigenvalue weighted by Crippen LogP contribution is -2.30. The number of tetrazole rings is 1. The number of carboxylic acid groups (broad SMARTS) is 1. The molecule has 1 heterocycles. The fourth-order valence-corrected chi connectivity index (χ4v) is 4.35. The molecule has 188 valence electrons. The zero-order valence-electron chi connectivity index (χ0n) is 20.5. The second-order valence-corrected chi connectivity index (χ2v) is 8.81. The number of aromatic amines is 1. The Morgan fingerprint density at radius 3 is 2.24 bits per heavy atom. The van der Waals surface area contributed by atoms with Crippen LogP contribution in [0.5, 0.6) is 0 Å². The number of hydrogen-bond acceptors (Lipinski definition) is 5. The molecule has 0 bridgehead atoms. The third-order valence-corrected chi connectivity index (χ3v) is 6.31. The molecule has 5 aromatic rings. The summed E-state index contributed by atoms with van der Waals surface area (Å²) in [5, 5.41) is 23.7. The molecule has 0 atom stereocenters. The average Bonchev–Trinajstić information content (AvgIpc) is 3.51. The molecule has 2 N–H and O–H groups in total. The third kappa shape index (κ3) is 5.65. The van der Waals surface area contributed by atoms with Crippen LogP contribution >= 0.6 is 0 Å². The Kier molecular flexibility index (Phi) is 7.31. The summed E-state index contributed by atoms with van der Waals surface area (Å²) in [4.78, 5) is 26.7. The van der Waals surface area contributed by atoms with E-state index in [1.807, 2.05) is 78.9 Å². The molecule has 5 rings (SSSR count). The van der Waals surface area contributed by atoms with Gasteiger partial charge in [-0.1, -0.05) is 84.9 Å². The Balaban J connectivity index is 1.41. The standard InChI is InChI=1S/C30H25N5O3/c36-28(18-15-21-7-2-1-3-8-21)35(25-10-6-9-24(19-25)30(37)38)20-22-13-16-23(17-14-22)26-11-4-5-12-27(26)29-31-33-34-32-29/h1-14,16-17,19H,15,18,20H2,(H,37,38)(H,31,32,33,34). The second kappa shape index (κ2) is 11.3. The van der Waals surface area contributed by atoms with E-state index in [4.69, 9.17) is 0 Å². The van der Waals surface area contributed by atoms with Crippen molar-refractivity contribution >= 4 is 17.6 Å². The van der Waals surface area contributed by atoms with Crippen molar-refractivity contribution in [1.82, 2.24) is 20.6 Å². The summed E-state index contributed by atoms with van der Waals surface area (Å²) < 4.78 is 0. The number of nitrogens with one attached hydrogen (secondary N) is 1. The van der Waals surface area contributed by atoms with Crippen LogP contribution in [0.1, 0.15) is 27.9 Å². The Labute approximate surface area is 219 Å². The molecular formula is C30H25N5O3. The van der Waals surface area contributed by atoms with Crippen molar-refractivity contribution in [3.8, 4) is 22.5 Å². The van der Waals surface area contributed by atoms with Gasteiger partial charge in [0.25, 0.3) is 0 Å². The van der Waals surface area contributed by atoms with Crippen LogP contribution in [0.15, 0.2) is 103 Å². The van der Waals surface area contributed by atoms with Crippen molar-refractivity contribution in [2.45, 2.75) is 19.4 Å². The summed E-state index contributed by atoms with van der Waals surface area (Å²) in [6, 6.07) is 32.1. The molecule has 0 radical (unpaired) electrons. The van der Waals surface area contributed by atoms with E-state index >= 15 is 0 Å². The van der Waals surface area contributed by atoms with Crippen molar-refractivity contribution in [2.24, 2.45) is 0 Å². The van der Waals surface area contributed by atoms with Crippen molar-refractivity contribution < 1.29 is 14.7 Å². The maximum Gasteiger partial charge on any atom is 0.335 e. The number of anilines is 1. The highest BCUT2D eigenvalue weighted by Crippen LogP contribution is 2.30. The van der Waals surface area contributed by atoms with Crippen LogP contribution in [0.2, 0.25) is 0 Å². The van der Waals surface area contributed by atoms with Crippen LogP contribution in [-0.4, -0.2) is 37.6 Å². The van der Waals surface area contributed by atoms with Crippen LogP contribution in [0, 0.1) is 0 Å². The number of carbonyl (C=O) groups is 2. The van der Waals surface area contributed by atoms with E-state index in [2.05, 4.69) is 20.6 Å². The number of nitrogens with zero attached hydrogens (tertiary/aromatic N) is 4. The highest BCUT2D eigenvalue weighted by molar-refractivity contribution is 5.95. The van der Waals surface area contributed by atoms with Crippen LogP contribution in [0.4, 0.5) is 5.69 Å². The monoisotopic (exact) mass is 503 g/mol. The third-order valence-electron chi connectivity index (χ3n) is 6.31. The van der Waals surface area contributed by atoms with Gasteiger partial charge in [0.2, 0.25) is 5.91 Å². The molecule has 0 saturated heterocycles. The van der Waals surface area contributed by atoms with Crippen LogP contribution in [0.25, 0.3) is 22.5 Å². The molecule has 0 spiro atoms. The SMILES string of the molecule is O=C(O)c1cccc(N(Cc2ccc(-c3ccccc3-c3nnn[nH]3)cc2)C(=O)CCc2ccccc2)c1. The van der Waals surface area contributed by atoms with Gasteiger partial charge >= 0.3 is 5.97 Å². The van der Waals surface area contributed by atoms with Gasteiger partial charge in [-0.05, 0) is 57.3 Å². The number of aromatic carboxylic acids is 1. The number of H-pyrrole nitrogens is 1. The summed E-state index contributed by atoms with van der Waals surface area (Å²) in [6.07, 6.45) is 0.902. The minimum Gasteiger partial charge on any atom is -0.478 e. The molecular weight excluding hydrogens is 478 g/mol. The van der Waals surface area contributed by atoms with Crippen LogP contribution in [0.3, 0.4) is 0 Å². The van der Waals surface area contributed by atoms with Crippen molar-refractivity contribution in [1.29, 1.82) is 0 Å². The van der Waals surface area contributed by atoms with Gasteiger partial charge in [0.1, 0.15) is 0 Å². The molecule has 8 nitrogen and oxygen atoms in total. The number of rotatable bonds is 9. The number of benzene rings is 4. The molecule has 0 aliphatic carbocycles. The van der Waals surface area contributed by atoms with Gasteiger partial charge in [-0.15, -0.1) is 5.10 Å². The highest BCUT2D eigenvalue weighted by Gasteiger charge is 2.18. The minimum atomic E-state index is -1.03. The molecule has 0 unspecified atom stereocenters. The van der Waals surface area contributed by atoms with Crippen LogP contribution < -0.4 is 4.90 Å². The first-order valence-corrected chi connectivity index (χ1v) is 12.2. The van der Waals surface area contributed by atoms with Gasteiger partial charge in [0.15, 0.2) is 5.82 Å². The Morgan fingerprint density at radius 2 is 1.53 bits per heavy atom. The number of carbonyl (C=O) groups excluding carboxylic acids is 1. The van der Waals surface area contributed by atoms with Gasteiger partial charge < -0.3 is 10.0 Å². The van der Waals surface area contributed by atoms with Gasteiger partial charge in [0.05, 0.1) is 12.1 Å². The van der Waals surface area contributed by atoms with Gasteiger partial charge in [0, 0.05) is 17.7 Å². The number of amides is 1. The second-order valence-electron chi connectivity index (χ2n) is 8.81.